The summed E-state index contributed by atoms with van der Waals surface area (Å²) in [6.07, 6.45) is 0. The first-order valence-electron chi connectivity index (χ1n) is 4.06. The van der Waals surface area contributed by atoms with E-state index in [-0.39, 0.29) is 5.75 Å². The smallest absolute Gasteiger partial charge is 0.338 e. The number of ether oxygens (including phenoxy) is 2. The van der Waals surface area contributed by atoms with Crippen LogP contribution in [-0.4, -0.2) is 25.3 Å². The van der Waals surface area contributed by atoms with Crippen LogP contribution in [0.5, 0.6) is 11.5 Å². The van der Waals surface area contributed by atoms with Crippen molar-refractivity contribution in [1.29, 1.82) is 0 Å². The fourth-order valence-electron chi connectivity index (χ4n) is 1.11. The van der Waals surface area contributed by atoms with E-state index in [1.165, 1.54) is 26.4 Å². The van der Waals surface area contributed by atoms with E-state index in [0.717, 1.165) is 0 Å². The Balaban J connectivity index is 3.27. The minimum absolute atomic E-state index is 0.0183. The summed E-state index contributed by atoms with van der Waals surface area (Å²) < 4.78 is 9.48. The number of methoxy groups -OCH3 is 2. The van der Waals surface area contributed by atoms with Gasteiger partial charge in [0.05, 0.1) is 19.8 Å². The van der Waals surface area contributed by atoms with Gasteiger partial charge in [-0.25, -0.2) is 4.79 Å². The average Bonchev–Trinajstić information content (AvgIpc) is 2.20. The zero-order valence-electron chi connectivity index (χ0n) is 8.33. The molecule has 76 valence electrons. The highest BCUT2D eigenvalue weighted by Crippen LogP contribution is 2.27. The van der Waals surface area contributed by atoms with Gasteiger partial charge in [-0.3, -0.25) is 0 Å². The molecule has 1 aromatic rings. The normalized spacial score (nSPS) is 9.64. The zero-order chi connectivity index (χ0) is 10.7. The Morgan fingerprint density at radius 1 is 1.36 bits per heavy atom. The number of hydrogen-bond acceptors (Lipinski definition) is 4. The molecule has 0 fully saturated rings. The van der Waals surface area contributed by atoms with Crippen molar-refractivity contribution in [1.82, 2.24) is 0 Å². The SMILES string of the molecule is COC(=O)c1cc(OC)cc(O)c1C. The largest absolute Gasteiger partial charge is 0.508 e. The predicted octanol–water partition coefficient (Wildman–Crippen LogP) is 1.50. The number of carbonyl (C=O) groups excluding carboxylic acids is 1. The van der Waals surface area contributed by atoms with Gasteiger partial charge in [-0.2, -0.15) is 0 Å². The summed E-state index contributed by atoms with van der Waals surface area (Å²) in [7, 11) is 2.75. The van der Waals surface area contributed by atoms with E-state index in [0.29, 0.717) is 16.9 Å². The van der Waals surface area contributed by atoms with Crippen LogP contribution in [0, 0.1) is 6.92 Å². The number of phenolic OH excluding ortho intramolecular Hbond substituents is 1. The molecule has 0 radical (unpaired) electrons. The van der Waals surface area contributed by atoms with Crippen molar-refractivity contribution >= 4 is 5.97 Å². The highest BCUT2D eigenvalue weighted by molar-refractivity contribution is 5.92. The van der Waals surface area contributed by atoms with E-state index >= 15 is 0 Å². The molecule has 1 aromatic carbocycles. The van der Waals surface area contributed by atoms with Crippen LogP contribution in [0.15, 0.2) is 12.1 Å². The van der Waals surface area contributed by atoms with Crippen LogP contribution in [0.1, 0.15) is 15.9 Å². The van der Waals surface area contributed by atoms with Crippen molar-refractivity contribution in [2.45, 2.75) is 6.92 Å². The molecule has 0 aromatic heterocycles. The number of carbonyl (C=O) groups is 1. The van der Waals surface area contributed by atoms with Gasteiger partial charge in [-0.15, -0.1) is 0 Å². The molecule has 1 N–H and O–H groups in total. The van der Waals surface area contributed by atoms with E-state index in [2.05, 4.69) is 4.74 Å². The molecular formula is C10H12O4. The molecule has 4 heteroatoms. The monoisotopic (exact) mass is 196 g/mol. The second-order valence-electron chi connectivity index (χ2n) is 2.81. The lowest BCUT2D eigenvalue weighted by Gasteiger charge is -2.08. The van der Waals surface area contributed by atoms with Crippen molar-refractivity contribution in [2.75, 3.05) is 14.2 Å². The third-order valence-corrected chi connectivity index (χ3v) is 1.99. The molecule has 0 saturated carbocycles. The quantitative estimate of drug-likeness (QED) is 0.728. The van der Waals surface area contributed by atoms with E-state index in [1.54, 1.807) is 6.92 Å². The molecule has 0 saturated heterocycles. The average molecular weight is 196 g/mol. The molecule has 0 aliphatic carbocycles. The standard InChI is InChI=1S/C10H12O4/c1-6-8(10(12)14-3)4-7(13-2)5-9(6)11/h4-5,11H,1-3H3. The van der Waals surface area contributed by atoms with E-state index in [9.17, 15) is 9.90 Å². The molecule has 0 amide bonds. The molecule has 4 nitrogen and oxygen atoms in total. The molecule has 1 rings (SSSR count). The Morgan fingerprint density at radius 2 is 2.00 bits per heavy atom. The fourth-order valence-corrected chi connectivity index (χ4v) is 1.11. The van der Waals surface area contributed by atoms with Crippen molar-refractivity contribution in [3.8, 4) is 11.5 Å². The minimum Gasteiger partial charge on any atom is -0.508 e. The molecule has 0 unspecified atom stereocenters. The molecule has 0 aliphatic rings. The highest BCUT2D eigenvalue weighted by Gasteiger charge is 2.13. The third-order valence-electron chi connectivity index (χ3n) is 1.99. The molecule has 14 heavy (non-hydrogen) atoms. The number of aromatic hydroxyl groups is 1. The first-order chi connectivity index (χ1) is 6.60. The maximum Gasteiger partial charge on any atom is 0.338 e. The van der Waals surface area contributed by atoms with Crippen molar-refractivity contribution in [3.63, 3.8) is 0 Å². The fraction of sp³-hybridized carbons (Fsp3) is 0.300. The molecule has 0 heterocycles. The zero-order valence-corrected chi connectivity index (χ0v) is 8.33. The summed E-state index contributed by atoms with van der Waals surface area (Å²) >= 11 is 0. The number of hydrogen-bond donors (Lipinski definition) is 1. The molecule has 0 bridgehead atoms. The molecule has 0 aliphatic heterocycles. The van der Waals surface area contributed by atoms with Gasteiger partial charge < -0.3 is 14.6 Å². The lowest BCUT2D eigenvalue weighted by atomic mass is 10.1. The van der Waals surface area contributed by atoms with Crippen molar-refractivity contribution < 1.29 is 19.4 Å². The van der Waals surface area contributed by atoms with Gasteiger partial charge in [0.15, 0.2) is 0 Å². The Hall–Kier alpha value is -1.71. The second-order valence-corrected chi connectivity index (χ2v) is 2.81. The minimum atomic E-state index is -0.489. The Labute approximate surface area is 82.1 Å². The lowest BCUT2D eigenvalue weighted by Crippen LogP contribution is -2.04. The van der Waals surface area contributed by atoms with Crippen LogP contribution in [0.3, 0.4) is 0 Å². The van der Waals surface area contributed by atoms with E-state index < -0.39 is 5.97 Å². The van der Waals surface area contributed by atoms with Crippen LogP contribution in [0.4, 0.5) is 0 Å². The summed E-state index contributed by atoms with van der Waals surface area (Å²) in [5.41, 5.74) is 0.794. The second kappa shape index (κ2) is 4.00. The third kappa shape index (κ3) is 1.79. The van der Waals surface area contributed by atoms with Crippen molar-refractivity contribution in [2.24, 2.45) is 0 Å². The first-order valence-corrected chi connectivity index (χ1v) is 4.06. The Kier molecular flexibility index (Phi) is 2.96. The van der Waals surface area contributed by atoms with Gasteiger partial charge in [-0.1, -0.05) is 0 Å². The van der Waals surface area contributed by atoms with Crippen molar-refractivity contribution in [3.05, 3.63) is 23.3 Å². The van der Waals surface area contributed by atoms with Gasteiger partial charge in [0.2, 0.25) is 0 Å². The van der Waals surface area contributed by atoms with E-state index in [4.69, 9.17) is 4.74 Å². The van der Waals surface area contributed by atoms with E-state index in [1.807, 2.05) is 0 Å². The number of esters is 1. The lowest BCUT2D eigenvalue weighted by molar-refractivity contribution is 0.0599. The Morgan fingerprint density at radius 3 is 2.50 bits per heavy atom. The number of phenols is 1. The predicted molar refractivity (Wildman–Crippen MR) is 50.7 cm³/mol. The summed E-state index contributed by atoms with van der Waals surface area (Å²) in [6.45, 7) is 1.64. The molecule has 0 spiro atoms. The summed E-state index contributed by atoms with van der Waals surface area (Å²) in [5, 5.41) is 9.47. The maximum absolute atomic E-state index is 11.3. The van der Waals surface area contributed by atoms with Gasteiger partial charge in [0.25, 0.3) is 0 Å². The first kappa shape index (κ1) is 10.4. The van der Waals surface area contributed by atoms with Gasteiger partial charge in [0.1, 0.15) is 11.5 Å². The van der Waals surface area contributed by atoms with Crippen LogP contribution in [-0.2, 0) is 4.74 Å². The topological polar surface area (TPSA) is 55.8 Å². The number of benzene rings is 1. The highest BCUT2D eigenvalue weighted by atomic mass is 16.5. The van der Waals surface area contributed by atoms with Crippen LogP contribution < -0.4 is 4.74 Å². The maximum atomic E-state index is 11.3. The van der Waals surface area contributed by atoms with Crippen LogP contribution in [0.2, 0.25) is 0 Å². The molecular weight excluding hydrogens is 184 g/mol. The van der Waals surface area contributed by atoms with Gasteiger partial charge in [0, 0.05) is 11.6 Å². The number of rotatable bonds is 2. The van der Waals surface area contributed by atoms with Gasteiger partial charge >= 0.3 is 5.97 Å². The van der Waals surface area contributed by atoms with Crippen LogP contribution >= 0.6 is 0 Å². The van der Waals surface area contributed by atoms with Gasteiger partial charge in [-0.05, 0) is 13.0 Å². The Bertz CT molecular complexity index is 357. The molecule has 0 atom stereocenters. The summed E-state index contributed by atoms with van der Waals surface area (Å²) in [5.74, 6) is -0.0463. The summed E-state index contributed by atoms with van der Waals surface area (Å²) in [4.78, 5) is 11.3. The summed E-state index contributed by atoms with van der Waals surface area (Å²) in [6, 6.07) is 2.97. The van der Waals surface area contributed by atoms with Crippen LogP contribution in [0.25, 0.3) is 0 Å².